The van der Waals surface area contributed by atoms with E-state index in [9.17, 15) is 14.7 Å². The molecular weight excluding hydrogens is 366 g/mol. The number of benzene rings is 2. The molecule has 2 aromatic rings. The number of halogens is 1. The smallest absolute Gasteiger partial charge is 0.336 e. The SMILES string of the molecule is O=C(O)c1ccccc1/C=C1\SC(=S)N(c2ccccc2Cl)C1=O. The Balaban J connectivity index is 2.01. The van der Waals surface area contributed by atoms with Gasteiger partial charge < -0.3 is 5.11 Å². The molecule has 1 heterocycles. The first-order valence-electron chi connectivity index (χ1n) is 6.84. The minimum atomic E-state index is -1.05. The highest BCUT2D eigenvalue weighted by Crippen LogP contribution is 2.38. The van der Waals surface area contributed by atoms with Gasteiger partial charge in [0.1, 0.15) is 0 Å². The largest absolute Gasteiger partial charge is 0.478 e. The summed E-state index contributed by atoms with van der Waals surface area (Å²) in [5.41, 5.74) is 1.08. The van der Waals surface area contributed by atoms with Gasteiger partial charge >= 0.3 is 5.97 Å². The number of aromatic carboxylic acids is 1. The molecule has 120 valence electrons. The zero-order valence-corrected chi connectivity index (χ0v) is 14.5. The molecular formula is C17H10ClNO3S2. The van der Waals surface area contributed by atoms with Gasteiger partial charge in [-0.1, -0.05) is 65.9 Å². The number of carbonyl (C=O) groups excluding carboxylic acids is 1. The molecule has 1 aliphatic rings. The highest BCUT2D eigenvalue weighted by atomic mass is 35.5. The van der Waals surface area contributed by atoms with Crippen LogP contribution in [0.1, 0.15) is 15.9 Å². The summed E-state index contributed by atoms with van der Waals surface area (Å²) in [5, 5.41) is 9.67. The summed E-state index contributed by atoms with van der Waals surface area (Å²) >= 11 is 12.6. The van der Waals surface area contributed by atoms with Crippen LogP contribution in [0, 0.1) is 0 Å². The van der Waals surface area contributed by atoms with Crippen LogP contribution >= 0.6 is 35.6 Å². The number of thioether (sulfide) groups is 1. The van der Waals surface area contributed by atoms with Crippen molar-refractivity contribution in [2.45, 2.75) is 0 Å². The fraction of sp³-hybridized carbons (Fsp3) is 0. The first kappa shape index (κ1) is 16.7. The Hall–Kier alpha value is -2.15. The molecule has 0 radical (unpaired) electrons. The van der Waals surface area contributed by atoms with Crippen molar-refractivity contribution in [2.24, 2.45) is 0 Å². The van der Waals surface area contributed by atoms with E-state index in [0.717, 1.165) is 11.8 Å². The van der Waals surface area contributed by atoms with Crippen molar-refractivity contribution in [1.29, 1.82) is 0 Å². The maximum Gasteiger partial charge on any atom is 0.336 e. The molecule has 0 aromatic heterocycles. The van der Waals surface area contributed by atoms with Crippen LogP contribution in [0.2, 0.25) is 5.02 Å². The second-order valence-electron chi connectivity index (χ2n) is 4.86. The van der Waals surface area contributed by atoms with Crippen molar-refractivity contribution in [1.82, 2.24) is 0 Å². The van der Waals surface area contributed by atoms with E-state index in [1.54, 1.807) is 48.5 Å². The van der Waals surface area contributed by atoms with Crippen molar-refractivity contribution in [3.63, 3.8) is 0 Å². The Morgan fingerprint density at radius 3 is 2.54 bits per heavy atom. The van der Waals surface area contributed by atoms with Gasteiger partial charge in [-0.15, -0.1) is 0 Å². The summed E-state index contributed by atoms with van der Waals surface area (Å²) < 4.78 is 0.354. The predicted molar refractivity (Wildman–Crippen MR) is 101 cm³/mol. The molecule has 3 rings (SSSR count). The van der Waals surface area contributed by atoms with E-state index in [0.29, 0.717) is 25.5 Å². The van der Waals surface area contributed by atoms with Crippen LogP contribution in [-0.4, -0.2) is 21.3 Å². The number of carbonyl (C=O) groups is 2. The molecule has 1 aliphatic heterocycles. The maximum absolute atomic E-state index is 12.7. The fourth-order valence-electron chi connectivity index (χ4n) is 2.27. The number of anilines is 1. The number of thiocarbonyl (C=S) groups is 1. The van der Waals surface area contributed by atoms with Crippen LogP contribution in [-0.2, 0) is 4.79 Å². The van der Waals surface area contributed by atoms with Crippen LogP contribution in [0.4, 0.5) is 5.69 Å². The van der Waals surface area contributed by atoms with Gasteiger partial charge in [-0.05, 0) is 29.8 Å². The van der Waals surface area contributed by atoms with Gasteiger partial charge in [0, 0.05) is 0 Å². The Kier molecular flexibility index (Phi) is 4.71. The third-order valence-corrected chi connectivity index (χ3v) is 4.99. The molecule has 1 amide bonds. The number of carboxylic acids is 1. The van der Waals surface area contributed by atoms with E-state index in [-0.39, 0.29) is 11.5 Å². The molecule has 0 unspecified atom stereocenters. The number of amides is 1. The summed E-state index contributed by atoms with van der Waals surface area (Å²) in [6, 6.07) is 13.4. The summed E-state index contributed by atoms with van der Waals surface area (Å²) in [6.45, 7) is 0. The van der Waals surface area contributed by atoms with Gasteiger partial charge in [-0.2, -0.15) is 0 Å². The Bertz CT molecular complexity index is 895. The Morgan fingerprint density at radius 1 is 1.17 bits per heavy atom. The lowest BCUT2D eigenvalue weighted by Crippen LogP contribution is -2.27. The van der Waals surface area contributed by atoms with Crippen molar-refractivity contribution < 1.29 is 14.7 Å². The molecule has 0 bridgehead atoms. The van der Waals surface area contributed by atoms with Gasteiger partial charge in [0.2, 0.25) is 0 Å². The second kappa shape index (κ2) is 6.76. The monoisotopic (exact) mass is 375 g/mol. The Labute approximate surface area is 152 Å². The molecule has 1 fully saturated rings. The lowest BCUT2D eigenvalue weighted by atomic mass is 10.1. The van der Waals surface area contributed by atoms with Crippen LogP contribution in [0.3, 0.4) is 0 Å². The summed E-state index contributed by atoms with van der Waals surface area (Å²) in [5.74, 6) is -1.37. The molecule has 0 atom stereocenters. The summed E-state index contributed by atoms with van der Waals surface area (Å²) in [4.78, 5) is 25.7. The van der Waals surface area contributed by atoms with Crippen molar-refractivity contribution in [3.8, 4) is 0 Å². The van der Waals surface area contributed by atoms with E-state index in [1.165, 1.54) is 11.0 Å². The van der Waals surface area contributed by atoms with Crippen molar-refractivity contribution >= 4 is 63.5 Å². The van der Waals surface area contributed by atoms with Gasteiger partial charge in [-0.3, -0.25) is 9.69 Å². The van der Waals surface area contributed by atoms with Crippen LogP contribution < -0.4 is 4.90 Å². The second-order valence-corrected chi connectivity index (χ2v) is 6.94. The van der Waals surface area contributed by atoms with E-state index >= 15 is 0 Å². The predicted octanol–water partition coefficient (Wildman–Crippen LogP) is 4.44. The molecule has 0 aliphatic carbocycles. The number of hydrogen-bond acceptors (Lipinski definition) is 4. The molecule has 7 heteroatoms. The van der Waals surface area contributed by atoms with Crippen LogP contribution in [0.25, 0.3) is 6.08 Å². The molecule has 1 N–H and O–H groups in total. The van der Waals surface area contributed by atoms with Crippen LogP contribution in [0.15, 0.2) is 53.4 Å². The lowest BCUT2D eigenvalue weighted by molar-refractivity contribution is -0.113. The first-order chi connectivity index (χ1) is 11.5. The average molecular weight is 376 g/mol. The summed E-state index contributed by atoms with van der Waals surface area (Å²) in [6.07, 6.45) is 1.54. The van der Waals surface area contributed by atoms with Gasteiger partial charge in [-0.25, -0.2) is 4.79 Å². The quantitative estimate of drug-likeness (QED) is 0.634. The average Bonchev–Trinajstić information content (AvgIpc) is 2.82. The Morgan fingerprint density at radius 2 is 1.83 bits per heavy atom. The molecule has 24 heavy (non-hydrogen) atoms. The number of hydrogen-bond donors (Lipinski definition) is 1. The van der Waals surface area contributed by atoms with E-state index < -0.39 is 5.97 Å². The topological polar surface area (TPSA) is 57.6 Å². The van der Waals surface area contributed by atoms with Gasteiger partial charge in [0.25, 0.3) is 5.91 Å². The highest BCUT2D eigenvalue weighted by molar-refractivity contribution is 8.27. The lowest BCUT2D eigenvalue weighted by Gasteiger charge is -2.15. The van der Waals surface area contributed by atoms with E-state index in [4.69, 9.17) is 23.8 Å². The fourth-order valence-corrected chi connectivity index (χ4v) is 3.76. The van der Waals surface area contributed by atoms with Crippen molar-refractivity contribution in [3.05, 3.63) is 69.6 Å². The van der Waals surface area contributed by atoms with E-state index in [1.807, 2.05) is 0 Å². The standard InChI is InChI=1S/C17H10ClNO3S2/c18-12-7-3-4-8-13(12)19-15(20)14(24-17(19)23)9-10-5-1-2-6-11(10)16(21)22/h1-9H,(H,21,22)/b14-9-. The third-order valence-electron chi connectivity index (χ3n) is 3.36. The minimum absolute atomic E-state index is 0.125. The molecule has 0 spiro atoms. The number of para-hydroxylation sites is 1. The molecule has 1 saturated heterocycles. The van der Waals surface area contributed by atoms with Crippen molar-refractivity contribution in [2.75, 3.05) is 4.90 Å². The van der Waals surface area contributed by atoms with Gasteiger partial charge in [0.05, 0.1) is 21.2 Å². The summed E-state index contributed by atoms with van der Waals surface area (Å²) in [7, 11) is 0. The molecule has 4 nitrogen and oxygen atoms in total. The number of carboxylic acid groups (broad SMARTS) is 1. The van der Waals surface area contributed by atoms with Gasteiger partial charge in [0.15, 0.2) is 4.32 Å². The molecule has 2 aromatic carbocycles. The highest BCUT2D eigenvalue weighted by Gasteiger charge is 2.34. The molecule has 0 saturated carbocycles. The third kappa shape index (κ3) is 3.08. The normalized spacial score (nSPS) is 16.0. The maximum atomic E-state index is 12.7. The minimum Gasteiger partial charge on any atom is -0.478 e. The van der Waals surface area contributed by atoms with Crippen LogP contribution in [0.5, 0.6) is 0 Å². The first-order valence-corrected chi connectivity index (χ1v) is 8.44. The zero-order chi connectivity index (χ0) is 17.3. The number of nitrogens with zero attached hydrogens (tertiary/aromatic N) is 1. The van der Waals surface area contributed by atoms with E-state index in [2.05, 4.69) is 0 Å². The number of rotatable bonds is 3. The zero-order valence-electron chi connectivity index (χ0n) is 12.1.